The number of hydrogen-bond donors (Lipinski definition) is 3. The SMILES string of the molecule is COC(=O)N[C@@H](Cc1cscn1)C(=O)N1CCC[C@H]1c1ncc(-c2ccc(-c3ccc(C4=CN=C([C@@H]5CCCN5C(=O)[C@@H](NC(=O)OC)[C@@H](C)OC)C4)cc3)cc2)[nH]1. The third-order valence-electron chi connectivity index (χ3n) is 11.1. The number of likely N-dealkylation sites (tertiary alicyclic amines) is 2. The van der Waals surface area contributed by atoms with Crippen LogP contribution < -0.4 is 10.6 Å². The van der Waals surface area contributed by atoms with Gasteiger partial charge in [-0.1, -0.05) is 48.5 Å². The lowest BCUT2D eigenvalue weighted by atomic mass is 9.96. The Morgan fingerprint density at radius 3 is 2.09 bits per heavy atom. The molecule has 5 atom stereocenters. The van der Waals surface area contributed by atoms with E-state index >= 15 is 0 Å². The average molecular weight is 809 g/mol. The predicted molar refractivity (Wildman–Crippen MR) is 219 cm³/mol. The Morgan fingerprint density at radius 1 is 0.828 bits per heavy atom. The molecule has 2 fully saturated rings. The number of thiazole rings is 1. The molecular weight excluding hydrogens is 761 g/mol. The summed E-state index contributed by atoms with van der Waals surface area (Å²) < 4.78 is 15.0. The zero-order valence-corrected chi connectivity index (χ0v) is 33.8. The van der Waals surface area contributed by atoms with Crippen molar-refractivity contribution in [1.29, 1.82) is 0 Å². The molecule has 2 saturated heterocycles. The lowest BCUT2D eigenvalue weighted by Gasteiger charge is -2.31. The number of aromatic amines is 1. The fraction of sp³-hybridized carbons (Fsp3) is 0.405. The molecule has 304 valence electrons. The number of carbonyl (C=O) groups is 4. The molecule has 4 amide bonds. The van der Waals surface area contributed by atoms with Crippen LogP contribution in [0, 0.1) is 0 Å². The van der Waals surface area contributed by atoms with E-state index in [0.717, 1.165) is 70.6 Å². The lowest BCUT2D eigenvalue weighted by molar-refractivity contribution is -0.136. The number of nitrogens with one attached hydrogen (secondary N) is 3. The summed E-state index contributed by atoms with van der Waals surface area (Å²) in [5, 5.41) is 7.20. The van der Waals surface area contributed by atoms with E-state index in [9.17, 15) is 19.2 Å². The number of carbonyl (C=O) groups excluding carboxylic acids is 4. The maximum absolute atomic E-state index is 13.8. The number of H-pyrrole nitrogens is 1. The Hall–Kier alpha value is -5.87. The number of methoxy groups -OCH3 is 3. The molecule has 58 heavy (non-hydrogen) atoms. The van der Waals surface area contributed by atoms with Gasteiger partial charge in [0, 0.05) is 50.3 Å². The Kier molecular flexibility index (Phi) is 12.6. The number of allylic oxidation sites excluding steroid dienone is 1. The van der Waals surface area contributed by atoms with Crippen LogP contribution in [0.1, 0.15) is 62.2 Å². The monoisotopic (exact) mass is 808 g/mol. The smallest absolute Gasteiger partial charge is 0.407 e. The maximum Gasteiger partial charge on any atom is 0.407 e. The van der Waals surface area contributed by atoms with E-state index in [0.29, 0.717) is 25.3 Å². The Labute approximate surface area is 340 Å². The summed E-state index contributed by atoms with van der Waals surface area (Å²) in [5.41, 5.74) is 9.45. The number of rotatable bonds is 13. The second-order valence-electron chi connectivity index (χ2n) is 14.6. The molecule has 0 aliphatic carbocycles. The zero-order chi connectivity index (χ0) is 40.8. The van der Waals surface area contributed by atoms with Crippen molar-refractivity contribution in [3.05, 3.63) is 88.9 Å². The molecule has 0 radical (unpaired) electrons. The van der Waals surface area contributed by atoms with Crippen LogP contribution in [0.4, 0.5) is 9.59 Å². The van der Waals surface area contributed by atoms with Crippen molar-refractivity contribution in [2.24, 2.45) is 4.99 Å². The minimum Gasteiger partial charge on any atom is -0.453 e. The van der Waals surface area contributed by atoms with Gasteiger partial charge in [-0.15, -0.1) is 11.3 Å². The second-order valence-corrected chi connectivity index (χ2v) is 15.3. The first-order valence-electron chi connectivity index (χ1n) is 19.4. The van der Waals surface area contributed by atoms with E-state index in [1.54, 1.807) is 28.4 Å². The third kappa shape index (κ3) is 8.82. The summed E-state index contributed by atoms with van der Waals surface area (Å²) in [6, 6.07) is 14.6. The van der Waals surface area contributed by atoms with E-state index in [-0.39, 0.29) is 30.3 Å². The topological polar surface area (TPSA) is 180 Å². The Morgan fingerprint density at radius 2 is 1.45 bits per heavy atom. The van der Waals surface area contributed by atoms with Gasteiger partial charge in [-0.05, 0) is 60.4 Å². The lowest BCUT2D eigenvalue weighted by Crippen LogP contribution is -2.56. The van der Waals surface area contributed by atoms with E-state index in [1.165, 1.54) is 32.7 Å². The van der Waals surface area contributed by atoms with Gasteiger partial charge in [0.05, 0.1) is 55.5 Å². The highest BCUT2D eigenvalue weighted by Crippen LogP contribution is 2.34. The summed E-state index contributed by atoms with van der Waals surface area (Å²) in [6.07, 6.45) is 5.93. The number of hydrogen-bond acceptors (Lipinski definition) is 11. The molecule has 0 unspecified atom stereocenters. The van der Waals surface area contributed by atoms with Crippen molar-refractivity contribution in [3.63, 3.8) is 0 Å². The van der Waals surface area contributed by atoms with Crippen molar-refractivity contribution >= 4 is 46.6 Å². The molecule has 2 aromatic heterocycles. The fourth-order valence-electron chi connectivity index (χ4n) is 7.92. The van der Waals surface area contributed by atoms with Crippen molar-refractivity contribution in [2.45, 2.75) is 75.7 Å². The van der Waals surface area contributed by atoms with Gasteiger partial charge in [0.15, 0.2) is 0 Å². The molecule has 2 aromatic carbocycles. The first kappa shape index (κ1) is 40.3. The molecule has 0 spiro atoms. The van der Waals surface area contributed by atoms with Crippen molar-refractivity contribution in [2.75, 3.05) is 34.4 Å². The molecule has 15 nitrogen and oxygen atoms in total. The van der Waals surface area contributed by atoms with Crippen LogP contribution in [0.15, 0.2) is 76.8 Å². The summed E-state index contributed by atoms with van der Waals surface area (Å²) >= 11 is 1.44. The van der Waals surface area contributed by atoms with Crippen molar-refractivity contribution in [1.82, 2.24) is 35.4 Å². The highest BCUT2D eigenvalue weighted by molar-refractivity contribution is 7.07. The molecular formula is C42H48N8O7S. The van der Waals surface area contributed by atoms with Crippen LogP contribution in [0.25, 0.3) is 28.0 Å². The standard InChI is InChI=1S/C42H48N8O7S/c1-25(55-2)37(48-42(54)57-4)40(52)49-17-5-7-35(49)32-19-30(21-43-32)28-11-9-26(10-12-28)27-13-15-29(16-14-27)34-22-44-38(46-34)36-8-6-18-50(36)39(51)33(47-41(53)56-3)20-31-23-58-24-45-31/h9-16,21-25,33,35-37H,5-8,17-20H2,1-4H3,(H,44,46)(H,47,53)(H,48,54)/t25-,33+,35+,36+,37+/m1/s1. The van der Waals surface area contributed by atoms with Gasteiger partial charge >= 0.3 is 12.2 Å². The number of benzene rings is 2. The summed E-state index contributed by atoms with van der Waals surface area (Å²) in [5.74, 6) is 0.292. The van der Waals surface area contributed by atoms with Crippen molar-refractivity contribution in [3.8, 4) is 22.4 Å². The van der Waals surface area contributed by atoms with Crippen LogP contribution in [0.3, 0.4) is 0 Å². The molecule has 0 saturated carbocycles. The Balaban J connectivity index is 0.970. The highest BCUT2D eigenvalue weighted by Gasteiger charge is 2.40. The third-order valence-corrected chi connectivity index (χ3v) is 11.8. The Bertz CT molecular complexity index is 2150. The van der Waals surface area contributed by atoms with E-state index in [1.807, 2.05) is 11.6 Å². The van der Waals surface area contributed by atoms with Crippen LogP contribution in [0.2, 0.25) is 0 Å². The number of nitrogens with zero attached hydrogens (tertiary/aromatic N) is 5. The molecule has 3 aliphatic rings. The largest absolute Gasteiger partial charge is 0.453 e. The number of aromatic nitrogens is 3. The zero-order valence-electron chi connectivity index (χ0n) is 33.0. The van der Waals surface area contributed by atoms with E-state index < -0.39 is 30.4 Å². The van der Waals surface area contributed by atoms with Crippen LogP contribution in [0.5, 0.6) is 0 Å². The summed E-state index contributed by atoms with van der Waals surface area (Å²) in [6.45, 7) is 2.88. The summed E-state index contributed by atoms with van der Waals surface area (Å²) in [4.78, 5) is 72.4. The molecule has 7 rings (SSSR count). The molecule has 3 N–H and O–H groups in total. The summed E-state index contributed by atoms with van der Waals surface area (Å²) in [7, 11) is 4.05. The van der Waals surface area contributed by atoms with Crippen LogP contribution in [-0.4, -0.2) is 113 Å². The van der Waals surface area contributed by atoms with Gasteiger partial charge in [-0.3, -0.25) is 14.6 Å². The average Bonchev–Trinajstić information content (AvgIpc) is 4.11. The van der Waals surface area contributed by atoms with Crippen molar-refractivity contribution < 1.29 is 33.4 Å². The van der Waals surface area contributed by atoms with E-state index in [4.69, 9.17) is 24.2 Å². The molecule has 5 heterocycles. The maximum atomic E-state index is 13.8. The molecule has 0 bridgehead atoms. The van der Waals surface area contributed by atoms with Gasteiger partial charge in [0.25, 0.3) is 0 Å². The molecule has 16 heteroatoms. The van der Waals surface area contributed by atoms with Gasteiger partial charge in [0.1, 0.15) is 17.9 Å². The number of aliphatic imine (C=N–C) groups is 1. The van der Waals surface area contributed by atoms with Gasteiger partial charge in [0.2, 0.25) is 11.8 Å². The fourth-order valence-corrected chi connectivity index (χ4v) is 8.49. The van der Waals surface area contributed by atoms with Gasteiger partial charge in [-0.2, -0.15) is 0 Å². The predicted octanol–water partition coefficient (Wildman–Crippen LogP) is 5.77. The van der Waals surface area contributed by atoms with Gasteiger partial charge < -0.3 is 39.6 Å². The van der Waals surface area contributed by atoms with Crippen LogP contribution >= 0.6 is 11.3 Å². The quantitative estimate of drug-likeness (QED) is 0.151. The van der Waals surface area contributed by atoms with Crippen LogP contribution in [-0.2, 0) is 30.2 Å². The first-order valence-corrected chi connectivity index (χ1v) is 20.3. The first-order chi connectivity index (χ1) is 28.2. The molecule has 3 aliphatic heterocycles. The highest BCUT2D eigenvalue weighted by atomic mass is 32.1. The normalized spacial score (nSPS) is 19.2. The molecule has 4 aromatic rings. The van der Waals surface area contributed by atoms with E-state index in [2.05, 4.69) is 69.1 Å². The minimum atomic E-state index is -0.872. The number of amides is 4. The minimum absolute atomic E-state index is 0.155. The number of ether oxygens (including phenoxy) is 3. The van der Waals surface area contributed by atoms with Gasteiger partial charge in [-0.25, -0.2) is 19.6 Å². The number of alkyl carbamates (subject to hydrolysis) is 2. The second kappa shape index (κ2) is 18.2. The number of imidazole rings is 1.